The number of ether oxygens (including phenoxy) is 1. The lowest BCUT2D eigenvalue weighted by atomic mass is 10.0. The Hall–Kier alpha value is -4.24. The molecule has 0 radical (unpaired) electrons. The molecule has 0 N–H and O–H groups in total. The summed E-state index contributed by atoms with van der Waals surface area (Å²) >= 11 is 0. The third-order valence-electron chi connectivity index (χ3n) is 5.92. The minimum absolute atomic E-state index is 0.114. The summed E-state index contributed by atoms with van der Waals surface area (Å²) < 4.78 is 7.27. The first-order valence-electron chi connectivity index (χ1n) is 10.9. The average Bonchev–Trinajstić information content (AvgIpc) is 3.36. The van der Waals surface area contributed by atoms with Crippen molar-refractivity contribution in [1.29, 1.82) is 0 Å². The lowest BCUT2D eigenvalue weighted by Crippen LogP contribution is -2.48. The van der Waals surface area contributed by atoms with E-state index in [0.29, 0.717) is 13.1 Å². The maximum Gasteiger partial charge on any atom is 0.298 e. The minimum atomic E-state index is -0.114. The molecule has 0 atom stereocenters. The molecule has 0 spiro atoms. The van der Waals surface area contributed by atoms with Crippen LogP contribution in [0.15, 0.2) is 79.1 Å². The Kier molecular flexibility index (Phi) is 5.69. The molecule has 0 unspecified atom stereocenters. The number of piperazine rings is 1. The molecule has 6 nitrogen and oxygen atoms in total. The van der Waals surface area contributed by atoms with Gasteiger partial charge in [0, 0.05) is 48.9 Å². The summed E-state index contributed by atoms with van der Waals surface area (Å²) in [6, 6.07) is 22.1. The first kappa shape index (κ1) is 20.7. The van der Waals surface area contributed by atoms with Crippen LogP contribution in [0.4, 0.5) is 5.69 Å². The molecule has 1 aliphatic heterocycles. The van der Waals surface area contributed by atoms with Crippen molar-refractivity contribution < 1.29 is 9.53 Å². The molecular weight excluding hydrogens is 412 g/mol. The van der Waals surface area contributed by atoms with Crippen LogP contribution in [0.1, 0.15) is 5.56 Å². The smallest absolute Gasteiger partial charge is 0.298 e. The predicted molar refractivity (Wildman–Crippen MR) is 129 cm³/mol. The number of anilines is 1. The molecule has 1 amide bonds. The van der Waals surface area contributed by atoms with E-state index in [0.717, 1.165) is 46.7 Å². The summed E-state index contributed by atoms with van der Waals surface area (Å²) in [5.41, 5.74) is 5.22. The van der Waals surface area contributed by atoms with E-state index in [1.165, 1.54) is 0 Å². The molecule has 0 bridgehead atoms. The number of rotatable bonds is 3. The van der Waals surface area contributed by atoms with E-state index in [-0.39, 0.29) is 5.91 Å². The summed E-state index contributed by atoms with van der Waals surface area (Å²) in [4.78, 5) is 16.6. The van der Waals surface area contributed by atoms with E-state index >= 15 is 0 Å². The molecule has 1 fully saturated rings. The highest BCUT2D eigenvalue weighted by atomic mass is 16.5. The molecular formula is C27H24N4O2. The second-order valence-corrected chi connectivity index (χ2v) is 7.90. The molecule has 1 saturated heterocycles. The van der Waals surface area contributed by atoms with Crippen LogP contribution in [-0.4, -0.2) is 53.7 Å². The number of aromatic nitrogens is 2. The predicted octanol–water partition coefficient (Wildman–Crippen LogP) is 3.71. The number of amides is 1. The zero-order valence-corrected chi connectivity index (χ0v) is 18.4. The van der Waals surface area contributed by atoms with Gasteiger partial charge in [-0.25, -0.2) is 4.52 Å². The quantitative estimate of drug-likeness (QED) is 0.460. The Morgan fingerprint density at radius 2 is 1.73 bits per heavy atom. The number of nitrogens with zero attached hydrogens (tertiary/aromatic N) is 4. The van der Waals surface area contributed by atoms with E-state index < -0.39 is 0 Å². The van der Waals surface area contributed by atoms with Crippen LogP contribution in [0.2, 0.25) is 0 Å². The highest BCUT2D eigenvalue weighted by molar-refractivity contribution is 5.94. The fourth-order valence-electron chi connectivity index (χ4n) is 4.09. The lowest BCUT2D eigenvalue weighted by molar-refractivity contribution is -0.125. The highest BCUT2D eigenvalue weighted by Gasteiger charge is 2.20. The van der Waals surface area contributed by atoms with E-state index in [4.69, 9.17) is 4.74 Å². The van der Waals surface area contributed by atoms with Crippen LogP contribution >= 0.6 is 0 Å². The minimum Gasteiger partial charge on any atom is -0.495 e. The van der Waals surface area contributed by atoms with Gasteiger partial charge in [-0.15, -0.1) is 0 Å². The first-order chi connectivity index (χ1) is 16.2. The van der Waals surface area contributed by atoms with Crippen molar-refractivity contribution in [3.05, 3.63) is 84.7 Å². The van der Waals surface area contributed by atoms with Crippen molar-refractivity contribution in [2.75, 3.05) is 38.2 Å². The molecule has 1 aliphatic rings. The molecule has 4 aromatic rings. The van der Waals surface area contributed by atoms with Crippen LogP contribution < -0.4 is 9.64 Å². The van der Waals surface area contributed by atoms with Crippen LogP contribution in [0.5, 0.6) is 5.75 Å². The van der Waals surface area contributed by atoms with Gasteiger partial charge in [0.2, 0.25) is 0 Å². The van der Waals surface area contributed by atoms with Gasteiger partial charge < -0.3 is 14.5 Å². The van der Waals surface area contributed by atoms with Gasteiger partial charge in [-0.05, 0) is 42.0 Å². The molecule has 33 heavy (non-hydrogen) atoms. The number of carbonyl (C=O) groups is 1. The molecule has 2 aromatic carbocycles. The van der Waals surface area contributed by atoms with Crippen LogP contribution in [0.3, 0.4) is 0 Å². The summed E-state index contributed by atoms with van der Waals surface area (Å²) in [7, 11) is 1.66. The number of hydrogen-bond donors (Lipinski definition) is 0. The second-order valence-electron chi connectivity index (χ2n) is 7.90. The van der Waals surface area contributed by atoms with Crippen molar-refractivity contribution in [3.63, 3.8) is 0 Å². The van der Waals surface area contributed by atoms with Gasteiger partial charge in [-0.3, -0.25) is 4.79 Å². The summed E-state index contributed by atoms with van der Waals surface area (Å²) in [6.45, 7) is 2.89. The van der Waals surface area contributed by atoms with Crippen molar-refractivity contribution in [2.45, 2.75) is 0 Å². The lowest BCUT2D eigenvalue weighted by Gasteiger charge is -2.35. The summed E-state index contributed by atoms with van der Waals surface area (Å²) in [5, 5.41) is 4.34. The van der Waals surface area contributed by atoms with E-state index in [9.17, 15) is 4.79 Å². The largest absolute Gasteiger partial charge is 0.495 e. The van der Waals surface area contributed by atoms with Gasteiger partial charge in [0.15, 0.2) is 0 Å². The number of benzene rings is 2. The summed E-state index contributed by atoms with van der Waals surface area (Å²) in [6.07, 6.45) is 3.66. The normalized spacial score (nSPS) is 13.5. The standard InChI is InChI=1S/C27H24N4O2/c1-33-24-19-25(26-13-14-28-31(26)20-24)22-8-10-23(11-9-22)29-15-17-30(18-16-29)27(32)12-7-21-5-3-2-4-6-21/h2-6,8-11,13-14,19-20H,15-18H2,1H3. The fourth-order valence-corrected chi connectivity index (χ4v) is 4.09. The fraction of sp³-hybridized carbons (Fsp3) is 0.185. The Morgan fingerprint density at radius 1 is 0.970 bits per heavy atom. The molecule has 0 aliphatic carbocycles. The van der Waals surface area contributed by atoms with Gasteiger partial charge in [-0.2, -0.15) is 5.10 Å². The summed E-state index contributed by atoms with van der Waals surface area (Å²) in [5.74, 6) is 6.38. The van der Waals surface area contributed by atoms with Gasteiger partial charge in [0.1, 0.15) is 5.75 Å². The van der Waals surface area contributed by atoms with Crippen LogP contribution in [0, 0.1) is 11.8 Å². The van der Waals surface area contributed by atoms with Crippen molar-refractivity contribution in [1.82, 2.24) is 14.5 Å². The third kappa shape index (κ3) is 4.39. The van der Waals surface area contributed by atoms with E-state index in [1.54, 1.807) is 13.3 Å². The zero-order valence-electron chi connectivity index (χ0n) is 18.4. The molecule has 3 heterocycles. The first-order valence-corrected chi connectivity index (χ1v) is 10.9. The monoisotopic (exact) mass is 436 g/mol. The van der Waals surface area contributed by atoms with Gasteiger partial charge in [-0.1, -0.05) is 36.3 Å². The van der Waals surface area contributed by atoms with Crippen molar-refractivity contribution in [2.24, 2.45) is 0 Å². The third-order valence-corrected chi connectivity index (χ3v) is 5.92. The van der Waals surface area contributed by atoms with Crippen LogP contribution in [-0.2, 0) is 4.79 Å². The highest BCUT2D eigenvalue weighted by Crippen LogP contribution is 2.30. The van der Waals surface area contributed by atoms with E-state index in [1.807, 2.05) is 58.1 Å². The van der Waals surface area contributed by atoms with Crippen molar-refractivity contribution in [3.8, 4) is 28.7 Å². The molecule has 164 valence electrons. The molecule has 5 rings (SSSR count). The van der Waals surface area contributed by atoms with Crippen LogP contribution in [0.25, 0.3) is 16.6 Å². The molecule has 0 saturated carbocycles. The Morgan fingerprint density at radius 3 is 2.45 bits per heavy atom. The topological polar surface area (TPSA) is 50.1 Å². The number of fused-ring (bicyclic) bond motifs is 1. The number of hydrogen-bond acceptors (Lipinski definition) is 4. The SMILES string of the molecule is COc1cc(-c2ccc(N3CCN(C(=O)C#Cc4ccccc4)CC3)cc2)c2ccnn2c1. The Bertz CT molecular complexity index is 1330. The zero-order chi connectivity index (χ0) is 22.6. The van der Waals surface area contributed by atoms with E-state index in [2.05, 4.69) is 46.1 Å². The second kappa shape index (κ2) is 9.09. The van der Waals surface area contributed by atoms with Gasteiger partial charge >= 0.3 is 0 Å². The number of carbonyl (C=O) groups excluding carboxylic acids is 1. The van der Waals surface area contributed by atoms with Gasteiger partial charge in [0.25, 0.3) is 5.91 Å². The Balaban J connectivity index is 1.26. The average molecular weight is 437 g/mol. The maximum atomic E-state index is 12.5. The van der Waals surface area contributed by atoms with Gasteiger partial charge in [0.05, 0.1) is 25.0 Å². The van der Waals surface area contributed by atoms with Crippen molar-refractivity contribution >= 4 is 17.1 Å². The number of methoxy groups -OCH3 is 1. The molecule has 6 heteroatoms. The Labute approximate surface area is 193 Å². The molecule has 2 aromatic heterocycles. The maximum absolute atomic E-state index is 12.5. The number of pyridine rings is 1.